The maximum absolute atomic E-state index is 12.5. The molecule has 126 valence electrons. The maximum atomic E-state index is 12.5. The summed E-state index contributed by atoms with van der Waals surface area (Å²) >= 11 is 1.98. The molecule has 1 unspecified atom stereocenters. The van der Waals surface area contributed by atoms with E-state index >= 15 is 0 Å². The molecule has 5 heteroatoms. The number of carbonyl (C=O) groups excluding carboxylic acids is 1. The highest BCUT2D eigenvalue weighted by molar-refractivity contribution is 14.1. The molecule has 0 aliphatic carbocycles. The van der Waals surface area contributed by atoms with Crippen LogP contribution in [0.1, 0.15) is 48.0 Å². The molecule has 0 N–H and O–H groups in total. The molecule has 0 radical (unpaired) electrons. The summed E-state index contributed by atoms with van der Waals surface area (Å²) in [5.74, 6) is 3.40. The molecule has 0 aromatic carbocycles. The van der Waals surface area contributed by atoms with Gasteiger partial charge in [-0.1, -0.05) is 32.8 Å². The molecule has 0 aromatic heterocycles. The van der Waals surface area contributed by atoms with E-state index in [9.17, 15) is 4.79 Å². The number of rotatable bonds is 6. The fourth-order valence-corrected chi connectivity index (χ4v) is 3.07. The van der Waals surface area contributed by atoms with Gasteiger partial charge in [-0.15, -0.1) is 0 Å². The molecule has 0 aliphatic heterocycles. The van der Waals surface area contributed by atoms with Crippen LogP contribution in [0.15, 0.2) is 11.8 Å². The number of halogens is 1. The first kappa shape index (κ1) is 21.5. The Bertz CT molecular complexity index is 480. The van der Waals surface area contributed by atoms with Gasteiger partial charge in [-0.05, 0) is 42.8 Å². The van der Waals surface area contributed by atoms with Crippen molar-refractivity contribution in [1.82, 2.24) is 0 Å². The summed E-state index contributed by atoms with van der Waals surface area (Å²) in [6.45, 7) is 16.8. The standard InChI is InChI=1S/C17H29IO3Si/c1-9-14(21-22(7,8)16(3,4)5)17(6,12-11-13-18)15(19)20-10-2/h9H,10,12H2,1-8H3/b14-9-. The zero-order valence-corrected chi connectivity index (χ0v) is 18.3. The highest BCUT2D eigenvalue weighted by atomic mass is 127. The van der Waals surface area contributed by atoms with Gasteiger partial charge in [-0.2, -0.15) is 0 Å². The highest BCUT2D eigenvalue weighted by Gasteiger charge is 2.45. The van der Waals surface area contributed by atoms with Crippen LogP contribution < -0.4 is 0 Å². The predicted octanol–water partition coefficient (Wildman–Crippen LogP) is 5.27. The van der Waals surface area contributed by atoms with Crippen molar-refractivity contribution in [2.24, 2.45) is 5.41 Å². The molecular weight excluding hydrogens is 407 g/mol. The average molecular weight is 436 g/mol. The minimum absolute atomic E-state index is 0.0613. The van der Waals surface area contributed by atoms with E-state index < -0.39 is 13.7 Å². The molecule has 0 aliphatic rings. The van der Waals surface area contributed by atoms with Gasteiger partial charge in [0.15, 0.2) is 0 Å². The number of hydrogen-bond acceptors (Lipinski definition) is 3. The Balaban J connectivity index is 5.68. The van der Waals surface area contributed by atoms with E-state index in [2.05, 4.69) is 43.7 Å². The summed E-state index contributed by atoms with van der Waals surface area (Å²) in [6.07, 6.45) is 2.27. The van der Waals surface area contributed by atoms with Crippen LogP contribution in [-0.2, 0) is 14.0 Å². The van der Waals surface area contributed by atoms with Crippen molar-refractivity contribution < 1.29 is 14.0 Å². The minimum atomic E-state index is -2.03. The van der Waals surface area contributed by atoms with Gasteiger partial charge in [0, 0.05) is 29.0 Å². The summed E-state index contributed by atoms with van der Waals surface area (Å²) in [7, 11) is -2.03. The van der Waals surface area contributed by atoms with Crippen LogP contribution >= 0.6 is 22.6 Å². The second kappa shape index (κ2) is 8.39. The van der Waals surface area contributed by atoms with Crippen LogP contribution in [0.4, 0.5) is 0 Å². The van der Waals surface area contributed by atoms with Crippen molar-refractivity contribution in [3.63, 3.8) is 0 Å². The Morgan fingerprint density at radius 1 is 1.27 bits per heavy atom. The van der Waals surface area contributed by atoms with Crippen molar-refractivity contribution >= 4 is 36.9 Å². The molecule has 0 amide bonds. The van der Waals surface area contributed by atoms with Crippen molar-refractivity contribution in [2.75, 3.05) is 6.61 Å². The predicted molar refractivity (Wildman–Crippen MR) is 103 cm³/mol. The maximum Gasteiger partial charge on any atom is 0.320 e. The van der Waals surface area contributed by atoms with Gasteiger partial charge in [0.25, 0.3) is 0 Å². The third kappa shape index (κ3) is 5.30. The van der Waals surface area contributed by atoms with Crippen LogP contribution in [-0.4, -0.2) is 20.9 Å². The van der Waals surface area contributed by atoms with Crippen molar-refractivity contribution in [3.8, 4) is 9.85 Å². The minimum Gasteiger partial charge on any atom is -0.546 e. The van der Waals surface area contributed by atoms with E-state index in [4.69, 9.17) is 9.16 Å². The molecule has 0 bridgehead atoms. The molecule has 0 aromatic rings. The zero-order valence-electron chi connectivity index (χ0n) is 15.1. The summed E-state index contributed by atoms with van der Waals surface area (Å²) in [6, 6.07) is 0. The summed E-state index contributed by atoms with van der Waals surface area (Å²) in [4.78, 5) is 12.5. The first-order valence-corrected chi connectivity index (χ1v) is 11.6. The van der Waals surface area contributed by atoms with E-state index in [-0.39, 0.29) is 11.0 Å². The molecule has 0 saturated carbocycles. The fourth-order valence-electron chi connectivity index (χ4n) is 1.68. The lowest BCUT2D eigenvalue weighted by molar-refractivity contribution is -0.153. The Morgan fingerprint density at radius 2 is 1.82 bits per heavy atom. The number of ether oxygens (including phenoxy) is 1. The normalized spacial score (nSPS) is 15.4. The van der Waals surface area contributed by atoms with Crippen LogP contribution in [0.5, 0.6) is 0 Å². The smallest absolute Gasteiger partial charge is 0.320 e. The van der Waals surface area contributed by atoms with E-state index in [0.717, 1.165) is 0 Å². The van der Waals surface area contributed by atoms with Gasteiger partial charge in [-0.25, -0.2) is 0 Å². The first-order valence-electron chi connectivity index (χ1n) is 7.57. The topological polar surface area (TPSA) is 35.5 Å². The molecule has 0 fully saturated rings. The van der Waals surface area contributed by atoms with E-state index in [1.54, 1.807) is 0 Å². The number of hydrogen-bond donors (Lipinski definition) is 0. The fraction of sp³-hybridized carbons (Fsp3) is 0.706. The molecule has 0 heterocycles. The van der Waals surface area contributed by atoms with Crippen LogP contribution in [0, 0.1) is 15.3 Å². The summed E-state index contributed by atoms with van der Waals surface area (Å²) < 4.78 is 14.5. The van der Waals surface area contributed by atoms with E-state index in [1.807, 2.05) is 49.4 Å². The van der Waals surface area contributed by atoms with Crippen LogP contribution in [0.2, 0.25) is 18.1 Å². The van der Waals surface area contributed by atoms with E-state index in [0.29, 0.717) is 18.8 Å². The monoisotopic (exact) mass is 436 g/mol. The van der Waals surface area contributed by atoms with Crippen LogP contribution in [0.25, 0.3) is 0 Å². The molecule has 3 nitrogen and oxygen atoms in total. The number of allylic oxidation sites excluding steroid dienone is 1. The second-order valence-corrected chi connectivity index (χ2v) is 12.3. The molecule has 1 atom stereocenters. The van der Waals surface area contributed by atoms with Crippen LogP contribution in [0.3, 0.4) is 0 Å². The Morgan fingerprint density at radius 3 is 2.18 bits per heavy atom. The number of esters is 1. The number of carbonyl (C=O) groups is 1. The molecule has 0 spiro atoms. The van der Waals surface area contributed by atoms with E-state index in [1.165, 1.54) is 0 Å². The molecule has 22 heavy (non-hydrogen) atoms. The summed E-state index contributed by atoms with van der Waals surface area (Å²) in [5, 5.41) is 0.0613. The first-order chi connectivity index (χ1) is 9.96. The zero-order chi connectivity index (χ0) is 17.6. The van der Waals surface area contributed by atoms with Gasteiger partial charge in [-0.3, -0.25) is 4.79 Å². The van der Waals surface area contributed by atoms with Crippen molar-refractivity contribution in [1.29, 1.82) is 0 Å². The molecular formula is C17H29IO3Si. The second-order valence-electron chi connectivity index (χ2n) is 7.02. The Kier molecular flexibility index (Phi) is 8.21. The van der Waals surface area contributed by atoms with Gasteiger partial charge in [0.2, 0.25) is 8.32 Å². The lowest BCUT2D eigenvalue weighted by Crippen LogP contribution is -2.44. The van der Waals surface area contributed by atoms with Gasteiger partial charge < -0.3 is 9.16 Å². The lowest BCUT2D eigenvalue weighted by atomic mass is 9.84. The quantitative estimate of drug-likeness (QED) is 0.187. The summed E-state index contributed by atoms with van der Waals surface area (Å²) in [5.41, 5.74) is -0.863. The van der Waals surface area contributed by atoms with Gasteiger partial charge in [0.1, 0.15) is 5.41 Å². The SMILES string of the molecule is C/C=C(\O[Si](C)(C)C(C)(C)C)C(C)(CC#CI)C(=O)OCC. The van der Waals surface area contributed by atoms with Crippen molar-refractivity contribution in [2.45, 2.75) is 66.1 Å². The average Bonchev–Trinajstić information content (AvgIpc) is 2.41. The highest BCUT2D eigenvalue weighted by Crippen LogP contribution is 2.42. The van der Waals surface area contributed by atoms with Crippen molar-refractivity contribution in [3.05, 3.63) is 11.8 Å². The molecule has 0 rings (SSSR count). The Hall–Kier alpha value is -0.483. The Labute approximate surface area is 150 Å². The largest absolute Gasteiger partial charge is 0.546 e. The molecule has 0 saturated heterocycles. The van der Waals surface area contributed by atoms with Gasteiger partial charge >= 0.3 is 5.97 Å². The van der Waals surface area contributed by atoms with Gasteiger partial charge in [0.05, 0.1) is 12.4 Å². The third-order valence-electron chi connectivity index (χ3n) is 4.21. The lowest BCUT2D eigenvalue weighted by Gasteiger charge is -2.41. The third-order valence-corrected chi connectivity index (χ3v) is 8.94.